The topological polar surface area (TPSA) is 26.0 Å². The molecule has 0 fully saturated rings. The number of halogens is 2. The molecule has 0 N–H and O–H groups in total. The van der Waals surface area contributed by atoms with Gasteiger partial charge in [0.15, 0.2) is 5.76 Å². The Morgan fingerprint density at radius 3 is 1.54 bits per heavy atom. The van der Waals surface area contributed by atoms with Crippen LogP contribution in [0.15, 0.2) is 120 Å². The van der Waals surface area contributed by atoms with Crippen LogP contribution in [0.3, 0.4) is 0 Å². The highest BCUT2D eigenvalue weighted by molar-refractivity contribution is 5.93. The molecular weight excluding hydrogens is 440 g/mol. The molecule has 0 atom stereocenters. The second kappa shape index (κ2) is 10.1. The minimum absolute atomic E-state index is 0.307. The molecule has 2 nitrogen and oxygen atoms in total. The van der Waals surface area contributed by atoms with E-state index in [2.05, 4.69) is 5.16 Å². The molecule has 0 amide bonds. The fraction of sp³-hybridized carbons (Fsp3) is 0. The predicted octanol–water partition coefficient (Wildman–Crippen LogP) is 8.13. The van der Waals surface area contributed by atoms with Gasteiger partial charge in [-0.15, -0.1) is 0 Å². The zero-order valence-corrected chi connectivity index (χ0v) is 18.7. The van der Waals surface area contributed by atoms with E-state index in [4.69, 9.17) is 4.52 Å². The van der Waals surface area contributed by atoms with Gasteiger partial charge in [-0.1, -0.05) is 90.1 Å². The Morgan fingerprint density at radius 2 is 1.03 bits per heavy atom. The molecule has 0 unspecified atom stereocenters. The SMILES string of the molecule is Fc1ccc(C(=Cc2ccccc2)c2cc(C(=Cc3ccccc3)c3ccc(F)cc3)on2)cc1. The molecule has 0 saturated heterocycles. The third kappa shape index (κ3) is 5.33. The average Bonchev–Trinajstić information content (AvgIpc) is 3.38. The van der Waals surface area contributed by atoms with E-state index < -0.39 is 0 Å². The van der Waals surface area contributed by atoms with Crippen molar-refractivity contribution in [2.75, 3.05) is 0 Å². The van der Waals surface area contributed by atoms with Crippen LogP contribution in [-0.2, 0) is 0 Å². The van der Waals surface area contributed by atoms with Crippen molar-refractivity contribution in [2.45, 2.75) is 0 Å². The first-order valence-electron chi connectivity index (χ1n) is 11.2. The molecule has 0 saturated carbocycles. The maximum atomic E-state index is 13.6. The van der Waals surface area contributed by atoms with Crippen LogP contribution in [0.5, 0.6) is 0 Å². The van der Waals surface area contributed by atoms with Crippen molar-refractivity contribution in [1.82, 2.24) is 5.16 Å². The lowest BCUT2D eigenvalue weighted by Gasteiger charge is -2.06. The Hall–Kier alpha value is -4.57. The molecule has 1 aromatic heterocycles. The number of benzene rings is 4. The molecule has 0 aliphatic heterocycles. The Morgan fingerprint density at radius 1 is 0.571 bits per heavy atom. The van der Waals surface area contributed by atoms with Gasteiger partial charge in [0.1, 0.15) is 17.3 Å². The highest BCUT2D eigenvalue weighted by atomic mass is 19.1. The highest BCUT2D eigenvalue weighted by Gasteiger charge is 2.16. The van der Waals surface area contributed by atoms with Crippen molar-refractivity contribution >= 4 is 23.3 Å². The van der Waals surface area contributed by atoms with Gasteiger partial charge in [-0.25, -0.2) is 8.78 Å². The van der Waals surface area contributed by atoms with E-state index in [1.807, 2.05) is 78.9 Å². The zero-order chi connectivity index (χ0) is 24.0. The number of nitrogens with zero attached hydrogens (tertiary/aromatic N) is 1. The van der Waals surface area contributed by atoms with Gasteiger partial charge in [-0.05, 0) is 58.7 Å². The van der Waals surface area contributed by atoms with Crippen molar-refractivity contribution in [3.05, 3.63) is 161 Å². The predicted molar refractivity (Wildman–Crippen MR) is 136 cm³/mol. The van der Waals surface area contributed by atoms with Gasteiger partial charge in [0.05, 0.1) is 0 Å². The van der Waals surface area contributed by atoms with Crippen LogP contribution in [-0.4, -0.2) is 5.16 Å². The molecule has 4 aromatic carbocycles. The number of rotatable bonds is 6. The summed E-state index contributed by atoms with van der Waals surface area (Å²) in [5.41, 5.74) is 5.74. The summed E-state index contributed by atoms with van der Waals surface area (Å²) in [6.07, 6.45) is 3.98. The lowest BCUT2D eigenvalue weighted by atomic mass is 9.97. The first kappa shape index (κ1) is 22.2. The Kier molecular flexibility index (Phi) is 6.44. The summed E-state index contributed by atoms with van der Waals surface area (Å²) in [5.74, 6) is -0.0787. The molecule has 170 valence electrons. The van der Waals surface area contributed by atoms with E-state index in [1.165, 1.54) is 24.3 Å². The van der Waals surface area contributed by atoms with Crippen LogP contribution in [0.4, 0.5) is 8.78 Å². The average molecular weight is 462 g/mol. The maximum Gasteiger partial charge on any atom is 0.168 e. The van der Waals surface area contributed by atoms with Crippen LogP contribution in [0.25, 0.3) is 23.3 Å². The normalized spacial score (nSPS) is 12.1. The number of hydrogen-bond acceptors (Lipinski definition) is 2. The number of hydrogen-bond donors (Lipinski definition) is 0. The smallest absolute Gasteiger partial charge is 0.168 e. The van der Waals surface area contributed by atoms with E-state index >= 15 is 0 Å². The maximum absolute atomic E-state index is 13.6. The van der Waals surface area contributed by atoms with Crippen LogP contribution in [0, 0.1) is 11.6 Å². The van der Waals surface area contributed by atoms with Gasteiger partial charge in [-0.2, -0.15) is 0 Å². The van der Waals surface area contributed by atoms with E-state index in [-0.39, 0.29) is 11.6 Å². The Balaban J connectivity index is 1.62. The minimum Gasteiger partial charge on any atom is -0.356 e. The van der Waals surface area contributed by atoms with E-state index in [0.29, 0.717) is 11.5 Å². The molecule has 5 aromatic rings. The van der Waals surface area contributed by atoms with E-state index in [0.717, 1.165) is 33.4 Å². The van der Waals surface area contributed by atoms with E-state index in [1.54, 1.807) is 24.3 Å². The molecule has 0 bridgehead atoms. The van der Waals surface area contributed by atoms with Gasteiger partial charge in [0.25, 0.3) is 0 Å². The van der Waals surface area contributed by atoms with Gasteiger partial charge in [-0.3, -0.25) is 0 Å². The van der Waals surface area contributed by atoms with E-state index in [9.17, 15) is 8.78 Å². The fourth-order valence-corrected chi connectivity index (χ4v) is 3.82. The van der Waals surface area contributed by atoms with Crippen molar-refractivity contribution < 1.29 is 13.3 Å². The number of aromatic nitrogens is 1. The molecule has 0 radical (unpaired) electrons. The second-order valence-corrected chi connectivity index (χ2v) is 8.03. The highest BCUT2D eigenvalue weighted by Crippen LogP contribution is 2.31. The summed E-state index contributed by atoms with van der Waals surface area (Å²) in [5, 5.41) is 4.37. The summed E-state index contributed by atoms with van der Waals surface area (Å²) in [7, 11) is 0. The summed E-state index contributed by atoms with van der Waals surface area (Å²) >= 11 is 0. The molecule has 0 aliphatic carbocycles. The molecule has 1 heterocycles. The third-order valence-corrected chi connectivity index (χ3v) is 5.58. The Labute approximate surface area is 202 Å². The first-order chi connectivity index (χ1) is 17.2. The lowest BCUT2D eigenvalue weighted by Crippen LogP contribution is -1.90. The van der Waals surface area contributed by atoms with Gasteiger partial charge < -0.3 is 4.52 Å². The van der Waals surface area contributed by atoms with Crippen LogP contribution in [0.1, 0.15) is 33.7 Å². The fourth-order valence-electron chi connectivity index (χ4n) is 3.82. The van der Waals surface area contributed by atoms with Gasteiger partial charge >= 0.3 is 0 Å². The van der Waals surface area contributed by atoms with Gasteiger partial charge in [0, 0.05) is 17.2 Å². The van der Waals surface area contributed by atoms with Crippen LogP contribution in [0.2, 0.25) is 0 Å². The summed E-state index contributed by atoms with van der Waals surface area (Å²) < 4.78 is 33.1. The zero-order valence-electron chi connectivity index (χ0n) is 18.7. The standard InChI is InChI=1S/C31H21F2NO/c32-26-15-11-24(12-16-26)28(19-22-7-3-1-4-8-22)30-21-31(35-34-30)29(20-23-9-5-2-6-10-23)25-13-17-27(33)18-14-25/h1-21H. The molecule has 0 aliphatic rings. The van der Waals surface area contributed by atoms with Crippen LogP contribution < -0.4 is 0 Å². The molecular formula is C31H21F2NO. The summed E-state index contributed by atoms with van der Waals surface area (Å²) in [6.45, 7) is 0. The van der Waals surface area contributed by atoms with Crippen molar-refractivity contribution in [3.63, 3.8) is 0 Å². The van der Waals surface area contributed by atoms with Crippen molar-refractivity contribution in [3.8, 4) is 0 Å². The minimum atomic E-state index is -0.310. The largest absolute Gasteiger partial charge is 0.356 e. The molecule has 0 spiro atoms. The summed E-state index contributed by atoms with van der Waals surface area (Å²) in [6, 6.07) is 34.1. The van der Waals surface area contributed by atoms with Crippen molar-refractivity contribution in [1.29, 1.82) is 0 Å². The Bertz CT molecular complexity index is 1350. The van der Waals surface area contributed by atoms with Crippen LogP contribution >= 0.6 is 0 Å². The molecule has 5 rings (SSSR count). The second-order valence-electron chi connectivity index (χ2n) is 8.03. The lowest BCUT2D eigenvalue weighted by molar-refractivity contribution is 0.409. The quantitative estimate of drug-likeness (QED) is 0.239. The molecule has 35 heavy (non-hydrogen) atoms. The van der Waals surface area contributed by atoms with Crippen molar-refractivity contribution in [2.24, 2.45) is 0 Å². The first-order valence-corrected chi connectivity index (χ1v) is 11.2. The van der Waals surface area contributed by atoms with Gasteiger partial charge in [0.2, 0.25) is 0 Å². The third-order valence-electron chi connectivity index (χ3n) is 5.58. The summed E-state index contributed by atoms with van der Waals surface area (Å²) in [4.78, 5) is 0. The molecule has 4 heteroatoms. The monoisotopic (exact) mass is 461 g/mol.